The molecule has 0 unspecified atom stereocenters. The topological polar surface area (TPSA) is 54.5 Å². The molecule has 1 aromatic heterocycles. The maximum atomic E-state index is 11.0. The van der Waals surface area contributed by atoms with Crippen molar-refractivity contribution in [2.75, 3.05) is 19.0 Å². The van der Waals surface area contributed by atoms with Gasteiger partial charge in [0.25, 0.3) is 0 Å². The van der Waals surface area contributed by atoms with Crippen LogP contribution in [-0.2, 0) is 24.3 Å². The van der Waals surface area contributed by atoms with Crippen molar-refractivity contribution in [2.24, 2.45) is 0 Å². The molecule has 2 heterocycles. The van der Waals surface area contributed by atoms with E-state index < -0.39 is 0 Å². The monoisotopic (exact) mass is 317 g/mol. The highest BCUT2D eigenvalue weighted by molar-refractivity contribution is 7.13. The molecule has 0 fully saturated rings. The summed E-state index contributed by atoms with van der Waals surface area (Å²) in [7, 11) is 1.70. The second-order valence-electron chi connectivity index (χ2n) is 5.42. The first-order valence-corrected chi connectivity index (χ1v) is 8.12. The number of rotatable bonds is 4. The van der Waals surface area contributed by atoms with Crippen LogP contribution in [0.25, 0.3) is 0 Å². The first kappa shape index (κ1) is 15.0. The van der Waals surface area contributed by atoms with Crippen molar-refractivity contribution in [1.29, 1.82) is 0 Å². The predicted octanol–water partition coefficient (Wildman–Crippen LogP) is 2.67. The Morgan fingerprint density at radius 2 is 2.32 bits per heavy atom. The van der Waals surface area contributed by atoms with Crippen LogP contribution in [0.15, 0.2) is 23.6 Å². The molecule has 1 N–H and O–H groups in total. The Labute approximate surface area is 133 Å². The zero-order valence-electron chi connectivity index (χ0n) is 12.8. The van der Waals surface area contributed by atoms with Crippen LogP contribution in [0.5, 0.6) is 5.75 Å². The average molecular weight is 317 g/mol. The van der Waals surface area contributed by atoms with E-state index in [2.05, 4.69) is 27.3 Å². The molecule has 22 heavy (non-hydrogen) atoms. The molecule has 5 nitrogen and oxygen atoms in total. The van der Waals surface area contributed by atoms with Crippen molar-refractivity contribution >= 4 is 22.4 Å². The van der Waals surface area contributed by atoms with Crippen molar-refractivity contribution in [1.82, 2.24) is 9.88 Å². The molecule has 6 heteroatoms. The summed E-state index contributed by atoms with van der Waals surface area (Å²) < 4.78 is 5.28. The SMILES string of the molecule is COc1ccc2c(c1)CCN(Cc1csc(NC(C)=O)n1)C2. The Hall–Kier alpha value is -1.92. The van der Waals surface area contributed by atoms with E-state index >= 15 is 0 Å². The number of benzene rings is 1. The number of hydrogen-bond donors (Lipinski definition) is 1. The second kappa shape index (κ2) is 6.46. The smallest absolute Gasteiger partial charge is 0.223 e. The minimum Gasteiger partial charge on any atom is -0.497 e. The highest BCUT2D eigenvalue weighted by Gasteiger charge is 2.18. The van der Waals surface area contributed by atoms with E-state index in [9.17, 15) is 4.79 Å². The van der Waals surface area contributed by atoms with Gasteiger partial charge in [0.15, 0.2) is 5.13 Å². The number of nitrogens with one attached hydrogen (secondary N) is 1. The molecule has 0 spiro atoms. The van der Waals surface area contributed by atoms with Gasteiger partial charge in [0, 0.05) is 31.9 Å². The molecule has 1 aliphatic rings. The van der Waals surface area contributed by atoms with E-state index in [1.165, 1.54) is 29.4 Å². The quantitative estimate of drug-likeness (QED) is 0.942. The second-order valence-corrected chi connectivity index (χ2v) is 6.28. The van der Waals surface area contributed by atoms with Gasteiger partial charge < -0.3 is 10.1 Å². The maximum Gasteiger partial charge on any atom is 0.223 e. The summed E-state index contributed by atoms with van der Waals surface area (Å²) >= 11 is 1.47. The van der Waals surface area contributed by atoms with Crippen LogP contribution < -0.4 is 10.1 Å². The van der Waals surface area contributed by atoms with E-state index in [0.29, 0.717) is 5.13 Å². The summed E-state index contributed by atoms with van der Waals surface area (Å²) in [5, 5.41) is 5.41. The number of ether oxygens (including phenoxy) is 1. The van der Waals surface area contributed by atoms with E-state index in [4.69, 9.17) is 4.74 Å². The molecule has 0 saturated carbocycles. The Morgan fingerprint density at radius 1 is 1.45 bits per heavy atom. The third-order valence-corrected chi connectivity index (χ3v) is 4.53. The number of anilines is 1. The Kier molecular flexibility index (Phi) is 4.40. The molecule has 0 atom stereocenters. The largest absolute Gasteiger partial charge is 0.497 e. The molecule has 0 saturated heterocycles. The molecule has 2 aromatic rings. The minimum atomic E-state index is -0.0817. The van der Waals surface area contributed by atoms with Gasteiger partial charge >= 0.3 is 0 Å². The lowest BCUT2D eigenvalue weighted by Crippen LogP contribution is -2.30. The number of carbonyl (C=O) groups excluding carboxylic acids is 1. The normalized spacial score (nSPS) is 14.5. The van der Waals surface area contributed by atoms with Crippen LogP contribution in [0.4, 0.5) is 5.13 Å². The van der Waals surface area contributed by atoms with Gasteiger partial charge in [-0.1, -0.05) is 6.07 Å². The Balaban J connectivity index is 1.65. The minimum absolute atomic E-state index is 0.0817. The molecule has 1 amide bonds. The van der Waals surface area contributed by atoms with Gasteiger partial charge in [-0.15, -0.1) is 11.3 Å². The van der Waals surface area contributed by atoms with Gasteiger partial charge in [-0.05, 0) is 29.7 Å². The highest BCUT2D eigenvalue weighted by Crippen LogP contribution is 2.25. The summed E-state index contributed by atoms with van der Waals surface area (Å²) in [5.41, 5.74) is 3.72. The van der Waals surface area contributed by atoms with E-state index in [-0.39, 0.29) is 5.91 Å². The van der Waals surface area contributed by atoms with E-state index in [0.717, 1.165) is 37.5 Å². The lowest BCUT2D eigenvalue weighted by atomic mass is 9.99. The van der Waals surface area contributed by atoms with Crippen molar-refractivity contribution in [2.45, 2.75) is 26.4 Å². The van der Waals surface area contributed by atoms with Gasteiger partial charge in [0.05, 0.1) is 12.8 Å². The third-order valence-electron chi connectivity index (χ3n) is 3.73. The Bertz CT molecular complexity index is 684. The lowest BCUT2D eigenvalue weighted by Gasteiger charge is -2.28. The molecule has 0 bridgehead atoms. The number of amides is 1. The fourth-order valence-corrected chi connectivity index (χ4v) is 3.41. The van der Waals surface area contributed by atoms with Crippen molar-refractivity contribution in [3.63, 3.8) is 0 Å². The van der Waals surface area contributed by atoms with Crippen molar-refractivity contribution < 1.29 is 9.53 Å². The predicted molar refractivity (Wildman–Crippen MR) is 87.2 cm³/mol. The van der Waals surface area contributed by atoms with Crippen LogP contribution in [-0.4, -0.2) is 29.4 Å². The average Bonchev–Trinajstić information content (AvgIpc) is 2.93. The maximum absolute atomic E-state index is 11.0. The summed E-state index contributed by atoms with van der Waals surface area (Å²) in [4.78, 5) is 17.9. The summed E-state index contributed by atoms with van der Waals surface area (Å²) in [6.07, 6.45) is 1.02. The molecule has 0 aliphatic carbocycles. The number of hydrogen-bond acceptors (Lipinski definition) is 5. The van der Waals surface area contributed by atoms with Crippen LogP contribution in [0, 0.1) is 0 Å². The summed E-state index contributed by atoms with van der Waals surface area (Å²) in [5.74, 6) is 0.841. The molecule has 1 aliphatic heterocycles. The number of nitrogens with zero attached hydrogens (tertiary/aromatic N) is 2. The zero-order valence-corrected chi connectivity index (χ0v) is 13.6. The zero-order chi connectivity index (χ0) is 15.5. The van der Waals surface area contributed by atoms with Crippen molar-refractivity contribution in [3.05, 3.63) is 40.4 Å². The number of aromatic nitrogens is 1. The van der Waals surface area contributed by atoms with Gasteiger partial charge in [-0.3, -0.25) is 9.69 Å². The van der Waals surface area contributed by atoms with Crippen LogP contribution in [0.3, 0.4) is 0 Å². The van der Waals surface area contributed by atoms with Gasteiger partial charge in [0.1, 0.15) is 5.75 Å². The van der Waals surface area contributed by atoms with Crippen LogP contribution in [0.1, 0.15) is 23.7 Å². The summed E-state index contributed by atoms with van der Waals surface area (Å²) in [6, 6.07) is 6.29. The van der Waals surface area contributed by atoms with Crippen LogP contribution >= 0.6 is 11.3 Å². The number of carbonyl (C=O) groups is 1. The number of methoxy groups -OCH3 is 1. The third kappa shape index (κ3) is 3.45. The first-order chi connectivity index (χ1) is 10.6. The fraction of sp³-hybridized carbons (Fsp3) is 0.375. The Morgan fingerprint density at radius 3 is 3.09 bits per heavy atom. The van der Waals surface area contributed by atoms with E-state index in [1.807, 2.05) is 11.4 Å². The molecule has 1 aromatic carbocycles. The molecular weight excluding hydrogens is 298 g/mol. The molecule has 116 valence electrons. The van der Waals surface area contributed by atoms with Gasteiger partial charge in [-0.25, -0.2) is 4.98 Å². The van der Waals surface area contributed by atoms with E-state index in [1.54, 1.807) is 7.11 Å². The fourth-order valence-electron chi connectivity index (χ4n) is 2.67. The summed E-state index contributed by atoms with van der Waals surface area (Å²) in [6.45, 7) is 4.23. The van der Waals surface area contributed by atoms with Gasteiger partial charge in [-0.2, -0.15) is 0 Å². The highest BCUT2D eigenvalue weighted by atomic mass is 32.1. The molecule has 3 rings (SSSR count). The molecular formula is C16H19N3O2S. The van der Waals surface area contributed by atoms with Gasteiger partial charge in [0.2, 0.25) is 5.91 Å². The molecule has 0 radical (unpaired) electrons. The van der Waals surface area contributed by atoms with Crippen LogP contribution in [0.2, 0.25) is 0 Å². The first-order valence-electron chi connectivity index (χ1n) is 7.24. The number of thiazole rings is 1. The standard InChI is InChI=1S/C16H19N3O2S/c1-11(20)17-16-18-14(10-22-16)9-19-6-5-12-7-15(21-2)4-3-13(12)8-19/h3-4,7,10H,5-6,8-9H2,1-2H3,(H,17,18,20). The lowest BCUT2D eigenvalue weighted by molar-refractivity contribution is -0.114. The number of fused-ring (bicyclic) bond motifs is 1. The van der Waals surface area contributed by atoms with Crippen molar-refractivity contribution in [3.8, 4) is 5.75 Å².